The summed E-state index contributed by atoms with van der Waals surface area (Å²) in [5.41, 5.74) is -0.789. The highest BCUT2D eigenvalue weighted by molar-refractivity contribution is 6.44. The van der Waals surface area contributed by atoms with Gasteiger partial charge < -0.3 is 5.11 Å². The van der Waals surface area contributed by atoms with E-state index in [2.05, 4.69) is 0 Å². The molecule has 0 fully saturated rings. The van der Waals surface area contributed by atoms with Crippen LogP contribution < -0.4 is 0 Å². The number of phenolic OH excluding ortho intramolecular Hbond substituents is 1. The van der Waals surface area contributed by atoms with Crippen LogP contribution in [-0.4, -0.2) is 16.3 Å². The maximum absolute atomic E-state index is 10.4. The topological polar surface area (TPSA) is 80.4 Å². The van der Waals surface area contributed by atoms with Gasteiger partial charge in [-0.25, -0.2) is 0 Å². The molecule has 0 radical (unpaired) electrons. The van der Waals surface area contributed by atoms with Gasteiger partial charge in [0.1, 0.15) is 15.8 Å². The maximum Gasteiger partial charge on any atom is 0.290 e. The monoisotopic (exact) mass is 235 g/mol. The Kier molecular flexibility index (Phi) is 2.93. The van der Waals surface area contributed by atoms with E-state index in [1.165, 1.54) is 0 Å². The fraction of sp³-hybridized carbons (Fsp3) is 0. The van der Waals surface area contributed by atoms with Gasteiger partial charge in [0.15, 0.2) is 6.29 Å². The highest BCUT2D eigenvalue weighted by Crippen LogP contribution is 2.39. The number of carbonyl (C=O) groups is 1. The smallest absolute Gasteiger partial charge is 0.290 e. The standard InChI is InChI=1S/C7H3Cl2NO4/c8-5-4(10(13)14)1-3(2-11)7(12)6(5)9/h1-2,12H. The first kappa shape index (κ1) is 10.7. The van der Waals surface area contributed by atoms with Crippen LogP contribution in [0.1, 0.15) is 10.4 Å². The van der Waals surface area contributed by atoms with Crippen molar-refractivity contribution in [1.82, 2.24) is 0 Å². The van der Waals surface area contributed by atoms with E-state index in [4.69, 9.17) is 23.2 Å². The van der Waals surface area contributed by atoms with Gasteiger partial charge >= 0.3 is 0 Å². The summed E-state index contributed by atoms with van der Waals surface area (Å²) in [6, 6.07) is 0.858. The molecule has 7 heteroatoms. The van der Waals surface area contributed by atoms with Gasteiger partial charge in [-0.3, -0.25) is 14.9 Å². The van der Waals surface area contributed by atoms with E-state index in [1.54, 1.807) is 0 Å². The molecule has 1 rings (SSSR count). The second kappa shape index (κ2) is 3.81. The number of hydrogen-bond donors (Lipinski definition) is 1. The Hall–Kier alpha value is -1.33. The lowest BCUT2D eigenvalue weighted by molar-refractivity contribution is -0.384. The van der Waals surface area contributed by atoms with Gasteiger partial charge in [-0.1, -0.05) is 23.2 Å². The Morgan fingerprint density at radius 1 is 1.43 bits per heavy atom. The van der Waals surface area contributed by atoms with Crippen molar-refractivity contribution in [2.45, 2.75) is 0 Å². The highest BCUT2D eigenvalue weighted by Gasteiger charge is 2.21. The van der Waals surface area contributed by atoms with Crippen LogP contribution in [0.5, 0.6) is 5.75 Å². The lowest BCUT2D eigenvalue weighted by Crippen LogP contribution is -1.93. The Labute approximate surface area is 88.0 Å². The third-order valence-corrected chi connectivity index (χ3v) is 2.36. The molecule has 0 unspecified atom stereocenters. The van der Waals surface area contributed by atoms with Gasteiger partial charge in [0, 0.05) is 6.07 Å². The minimum Gasteiger partial charge on any atom is -0.506 e. The van der Waals surface area contributed by atoms with Gasteiger partial charge in [0.05, 0.1) is 10.5 Å². The predicted octanol–water partition coefficient (Wildman–Crippen LogP) is 2.42. The summed E-state index contributed by atoms with van der Waals surface area (Å²) in [5, 5.41) is 18.8. The van der Waals surface area contributed by atoms with Gasteiger partial charge in [-0.05, 0) is 0 Å². The number of hydrogen-bond acceptors (Lipinski definition) is 4. The molecule has 0 aliphatic carbocycles. The molecular formula is C7H3Cl2NO4. The summed E-state index contributed by atoms with van der Waals surface area (Å²) in [6.45, 7) is 0. The molecule has 0 aliphatic rings. The molecule has 1 aromatic carbocycles. The Bertz CT molecular complexity index is 419. The first-order valence-corrected chi connectivity index (χ1v) is 4.05. The van der Waals surface area contributed by atoms with Crippen LogP contribution in [0.4, 0.5) is 5.69 Å². The zero-order chi connectivity index (χ0) is 10.9. The molecule has 0 aliphatic heterocycles. The Balaban J connectivity index is 3.56. The second-order valence-electron chi connectivity index (χ2n) is 2.34. The predicted molar refractivity (Wildman–Crippen MR) is 50.2 cm³/mol. The van der Waals surface area contributed by atoms with Crippen LogP contribution >= 0.6 is 23.2 Å². The molecule has 0 saturated heterocycles. The molecule has 0 atom stereocenters. The number of benzene rings is 1. The van der Waals surface area contributed by atoms with Crippen LogP contribution in [0.25, 0.3) is 0 Å². The minimum absolute atomic E-state index is 0.255. The molecule has 0 amide bonds. The van der Waals surface area contributed by atoms with Crippen molar-refractivity contribution in [3.63, 3.8) is 0 Å². The van der Waals surface area contributed by atoms with E-state index in [0.717, 1.165) is 6.07 Å². The molecule has 0 aromatic heterocycles. The number of nitrogens with zero attached hydrogens (tertiary/aromatic N) is 1. The summed E-state index contributed by atoms with van der Waals surface area (Å²) in [5.74, 6) is -0.558. The zero-order valence-electron chi connectivity index (χ0n) is 6.53. The number of nitro groups is 1. The van der Waals surface area contributed by atoms with E-state index >= 15 is 0 Å². The number of aldehydes is 1. The van der Waals surface area contributed by atoms with Crippen molar-refractivity contribution in [3.8, 4) is 5.75 Å². The molecule has 74 valence electrons. The summed E-state index contributed by atoms with van der Waals surface area (Å²) in [7, 11) is 0. The van der Waals surface area contributed by atoms with Crippen molar-refractivity contribution >= 4 is 35.2 Å². The molecule has 0 heterocycles. The van der Waals surface area contributed by atoms with Crippen LogP contribution in [0.3, 0.4) is 0 Å². The molecule has 0 saturated carbocycles. The molecule has 14 heavy (non-hydrogen) atoms. The summed E-state index contributed by atoms with van der Waals surface area (Å²) >= 11 is 10.9. The van der Waals surface area contributed by atoms with E-state index in [1.807, 2.05) is 0 Å². The zero-order valence-corrected chi connectivity index (χ0v) is 8.04. The first-order valence-electron chi connectivity index (χ1n) is 3.29. The molecule has 5 nitrogen and oxygen atoms in total. The van der Waals surface area contributed by atoms with Crippen molar-refractivity contribution in [3.05, 3.63) is 31.8 Å². The minimum atomic E-state index is -0.791. The van der Waals surface area contributed by atoms with Crippen LogP contribution in [-0.2, 0) is 0 Å². The van der Waals surface area contributed by atoms with Crippen molar-refractivity contribution in [2.75, 3.05) is 0 Å². The van der Waals surface area contributed by atoms with E-state index < -0.39 is 21.4 Å². The molecule has 1 aromatic rings. The molecule has 0 bridgehead atoms. The third-order valence-electron chi connectivity index (χ3n) is 1.51. The summed E-state index contributed by atoms with van der Waals surface area (Å²) < 4.78 is 0. The maximum atomic E-state index is 10.4. The van der Waals surface area contributed by atoms with Gasteiger partial charge in [0.25, 0.3) is 5.69 Å². The quantitative estimate of drug-likeness (QED) is 0.485. The van der Waals surface area contributed by atoms with Crippen molar-refractivity contribution in [2.24, 2.45) is 0 Å². The summed E-state index contributed by atoms with van der Waals surface area (Å²) in [4.78, 5) is 20.0. The van der Waals surface area contributed by atoms with Gasteiger partial charge in [0.2, 0.25) is 0 Å². The number of aromatic hydroxyl groups is 1. The molecular weight excluding hydrogens is 233 g/mol. The van der Waals surface area contributed by atoms with Crippen LogP contribution in [0.2, 0.25) is 10.0 Å². The number of rotatable bonds is 2. The average Bonchev–Trinajstić information content (AvgIpc) is 2.14. The lowest BCUT2D eigenvalue weighted by Gasteiger charge is -2.02. The normalized spacial score (nSPS) is 9.86. The Morgan fingerprint density at radius 2 is 2.00 bits per heavy atom. The lowest BCUT2D eigenvalue weighted by atomic mass is 10.2. The second-order valence-corrected chi connectivity index (χ2v) is 3.09. The van der Waals surface area contributed by atoms with E-state index in [-0.39, 0.29) is 16.9 Å². The summed E-state index contributed by atoms with van der Waals surface area (Å²) in [6.07, 6.45) is 0.255. The first-order chi connectivity index (χ1) is 6.49. The molecule has 1 N–H and O–H groups in total. The van der Waals surface area contributed by atoms with Crippen LogP contribution in [0, 0.1) is 10.1 Å². The highest BCUT2D eigenvalue weighted by atomic mass is 35.5. The fourth-order valence-corrected chi connectivity index (χ4v) is 1.26. The third kappa shape index (κ3) is 1.64. The van der Waals surface area contributed by atoms with Crippen molar-refractivity contribution < 1.29 is 14.8 Å². The number of halogens is 2. The molecule has 0 spiro atoms. The Morgan fingerprint density at radius 3 is 2.43 bits per heavy atom. The van der Waals surface area contributed by atoms with Gasteiger partial charge in [-0.2, -0.15) is 0 Å². The average molecular weight is 236 g/mol. The number of carbonyl (C=O) groups excluding carboxylic acids is 1. The van der Waals surface area contributed by atoms with Gasteiger partial charge in [-0.15, -0.1) is 0 Å². The van der Waals surface area contributed by atoms with Crippen LogP contribution in [0.15, 0.2) is 6.07 Å². The number of phenols is 1. The SMILES string of the molecule is O=Cc1cc([N+](=O)[O-])c(Cl)c(Cl)c1O. The number of nitro benzene ring substituents is 1. The largest absolute Gasteiger partial charge is 0.506 e. The van der Waals surface area contributed by atoms with Crippen molar-refractivity contribution in [1.29, 1.82) is 0 Å². The van der Waals surface area contributed by atoms with E-state index in [0.29, 0.717) is 0 Å². The fourth-order valence-electron chi connectivity index (χ4n) is 0.845. The van der Waals surface area contributed by atoms with E-state index in [9.17, 15) is 20.0 Å².